The Hall–Kier alpha value is -3.06. The number of rotatable bonds is 4. The molecule has 0 aromatic heterocycles. The normalized spacial score (nSPS) is 17.7. The number of anilines is 2. The molecule has 2 amide bonds. The molecule has 1 atom stereocenters. The van der Waals surface area contributed by atoms with Crippen LogP contribution in [0.2, 0.25) is 5.02 Å². The van der Waals surface area contributed by atoms with Gasteiger partial charge in [0, 0.05) is 30.3 Å². The van der Waals surface area contributed by atoms with E-state index in [1.807, 2.05) is 0 Å². The van der Waals surface area contributed by atoms with Gasteiger partial charge in [0.25, 0.3) is 0 Å². The van der Waals surface area contributed by atoms with Gasteiger partial charge in [-0.15, -0.1) is 0 Å². The highest BCUT2D eigenvalue weighted by molar-refractivity contribution is 6.34. The molecule has 2 aromatic rings. The molecule has 2 aromatic carbocycles. The van der Waals surface area contributed by atoms with Crippen LogP contribution in [0.15, 0.2) is 36.4 Å². The number of amides is 2. The summed E-state index contributed by atoms with van der Waals surface area (Å²) >= 11 is 6.13. The molecule has 1 unspecified atom stereocenters. The van der Waals surface area contributed by atoms with Crippen LogP contribution in [0.4, 0.5) is 11.4 Å². The number of carbonyl (C=O) groups is 3. The van der Waals surface area contributed by atoms with Gasteiger partial charge >= 0.3 is 0 Å². The largest absolute Gasteiger partial charge is 0.454 e. The maximum Gasteiger partial charge on any atom is 0.231 e. The zero-order valence-electron chi connectivity index (χ0n) is 15.0. The van der Waals surface area contributed by atoms with Gasteiger partial charge in [-0.1, -0.05) is 11.6 Å². The molecule has 1 saturated heterocycles. The van der Waals surface area contributed by atoms with Gasteiger partial charge in [-0.25, -0.2) is 0 Å². The predicted octanol–water partition coefficient (Wildman–Crippen LogP) is 3.26. The minimum absolute atomic E-state index is 0.0876. The van der Waals surface area contributed by atoms with Crippen molar-refractivity contribution in [2.24, 2.45) is 5.92 Å². The molecule has 1 N–H and O–H groups in total. The number of Topliss-reactive ketones (excluding diaryl/α,β-unsaturated/α-hetero) is 1. The molecule has 144 valence electrons. The first-order valence-corrected chi connectivity index (χ1v) is 9.11. The molecule has 0 saturated carbocycles. The number of hydrogen-bond acceptors (Lipinski definition) is 5. The standard InChI is InChI=1S/C20H17ClN2O5/c1-11(24)12-2-4-15(21)16(6-12)22-20(26)13-7-19(25)23(9-13)14-3-5-17-18(8-14)28-10-27-17/h2-6,8,13H,7,9-10H2,1H3,(H,22,26). The van der Waals surface area contributed by atoms with Gasteiger partial charge in [0.1, 0.15) is 0 Å². The van der Waals surface area contributed by atoms with Crippen molar-refractivity contribution in [3.8, 4) is 11.5 Å². The molecule has 2 heterocycles. The fraction of sp³-hybridized carbons (Fsp3) is 0.250. The quantitative estimate of drug-likeness (QED) is 0.796. The molecular weight excluding hydrogens is 384 g/mol. The molecule has 0 aliphatic carbocycles. The molecule has 0 bridgehead atoms. The maximum absolute atomic E-state index is 12.7. The summed E-state index contributed by atoms with van der Waals surface area (Å²) in [6, 6.07) is 9.93. The average molecular weight is 401 g/mol. The van der Waals surface area contributed by atoms with Crippen LogP contribution >= 0.6 is 11.6 Å². The van der Waals surface area contributed by atoms with Crippen molar-refractivity contribution in [2.45, 2.75) is 13.3 Å². The van der Waals surface area contributed by atoms with Gasteiger partial charge < -0.3 is 19.7 Å². The molecule has 0 spiro atoms. The van der Waals surface area contributed by atoms with Crippen LogP contribution in [0.3, 0.4) is 0 Å². The van der Waals surface area contributed by atoms with Crippen molar-refractivity contribution in [1.82, 2.24) is 0 Å². The first-order chi connectivity index (χ1) is 13.4. The van der Waals surface area contributed by atoms with Crippen molar-refractivity contribution in [3.63, 3.8) is 0 Å². The fourth-order valence-electron chi connectivity index (χ4n) is 3.26. The molecule has 4 rings (SSSR count). The second kappa shape index (κ2) is 7.16. The van der Waals surface area contributed by atoms with Crippen molar-refractivity contribution in [3.05, 3.63) is 47.0 Å². The lowest BCUT2D eigenvalue weighted by molar-refractivity contribution is -0.122. The van der Waals surface area contributed by atoms with E-state index in [-0.39, 0.29) is 37.4 Å². The Balaban J connectivity index is 1.49. The average Bonchev–Trinajstić information content (AvgIpc) is 3.29. The Morgan fingerprint density at radius 2 is 1.93 bits per heavy atom. The monoisotopic (exact) mass is 400 g/mol. The summed E-state index contributed by atoms with van der Waals surface area (Å²) in [6.07, 6.45) is 0.0876. The number of nitrogens with zero attached hydrogens (tertiary/aromatic N) is 1. The summed E-state index contributed by atoms with van der Waals surface area (Å²) in [7, 11) is 0. The highest BCUT2D eigenvalue weighted by Crippen LogP contribution is 2.37. The molecule has 7 nitrogen and oxygen atoms in total. The van der Waals surface area contributed by atoms with Crippen LogP contribution < -0.4 is 19.7 Å². The van der Waals surface area contributed by atoms with Crippen LogP contribution in [0.5, 0.6) is 11.5 Å². The Labute approximate surface area is 166 Å². The summed E-state index contributed by atoms with van der Waals surface area (Å²) in [6.45, 7) is 1.83. The highest BCUT2D eigenvalue weighted by Gasteiger charge is 2.36. The van der Waals surface area contributed by atoms with Gasteiger partial charge in [-0.2, -0.15) is 0 Å². The maximum atomic E-state index is 12.7. The minimum atomic E-state index is -0.532. The third kappa shape index (κ3) is 3.41. The van der Waals surface area contributed by atoms with Gasteiger partial charge in [0.2, 0.25) is 18.6 Å². The second-order valence-electron chi connectivity index (χ2n) is 6.68. The number of ketones is 1. The fourth-order valence-corrected chi connectivity index (χ4v) is 3.43. The third-order valence-electron chi connectivity index (χ3n) is 4.79. The summed E-state index contributed by atoms with van der Waals surface area (Å²) in [5.41, 5.74) is 1.46. The zero-order chi connectivity index (χ0) is 19.8. The smallest absolute Gasteiger partial charge is 0.231 e. The van der Waals surface area contributed by atoms with Crippen LogP contribution in [-0.2, 0) is 9.59 Å². The molecule has 0 radical (unpaired) electrons. The van der Waals surface area contributed by atoms with Crippen LogP contribution in [0, 0.1) is 5.92 Å². The lowest BCUT2D eigenvalue weighted by Crippen LogP contribution is -2.28. The number of halogens is 1. The van der Waals surface area contributed by atoms with Crippen molar-refractivity contribution >= 4 is 40.6 Å². The Bertz CT molecular complexity index is 991. The first-order valence-electron chi connectivity index (χ1n) is 8.74. The minimum Gasteiger partial charge on any atom is -0.454 e. The molecule has 8 heteroatoms. The second-order valence-corrected chi connectivity index (χ2v) is 7.09. The number of benzene rings is 2. The number of ether oxygens (including phenoxy) is 2. The molecule has 28 heavy (non-hydrogen) atoms. The lowest BCUT2D eigenvalue weighted by Gasteiger charge is -2.17. The van der Waals surface area contributed by atoms with Gasteiger partial charge in [0.15, 0.2) is 17.3 Å². The van der Waals surface area contributed by atoms with Crippen LogP contribution in [0.25, 0.3) is 0 Å². The number of fused-ring (bicyclic) bond motifs is 1. The third-order valence-corrected chi connectivity index (χ3v) is 5.12. The van der Waals surface area contributed by atoms with E-state index in [1.54, 1.807) is 35.2 Å². The van der Waals surface area contributed by atoms with Crippen molar-refractivity contribution < 1.29 is 23.9 Å². The van der Waals surface area contributed by atoms with Crippen molar-refractivity contribution in [1.29, 1.82) is 0 Å². The van der Waals surface area contributed by atoms with E-state index in [4.69, 9.17) is 21.1 Å². The van der Waals surface area contributed by atoms with E-state index < -0.39 is 5.92 Å². The van der Waals surface area contributed by atoms with Gasteiger partial charge in [-0.3, -0.25) is 14.4 Å². The molecule has 1 fully saturated rings. The van der Waals surface area contributed by atoms with E-state index in [0.717, 1.165) is 0 Å². The van der Waals surface area contributed by atoms with E-state index in [0.29, 0.717) is 33.5 Å². The number of hydrogen-bond donors (Lipinski definition) is 1. The molecule has 2 aliphatic rings. The van der Waals surface area contributed by atoms with Crippen LogP contribution in [0.1, 0.15) is 23.7 Å². The molecule has 2 aliphatic heterocycles. The Morgan fingerprint density at radius 1 is 1.14 bits per heavy atom. The van der Waals surface area contributed by atoms with E-state index in [2.05, 4.69) is 5.32 Å². The highest BCUT2D eigenvalue weighted by atomic mass is 35.5. The topological polar surface area (TPSA) is 84.9 Å². The van der Waals surface area contributed by atoms with E-state index in [1.165, 1.54) is 13.0 Å². The predicted molar refractivity (Wildman–Crippen MR) is 103 cm³/mol. The Kier molecular flexibility index (Phi) is 4.68. The number of carbonyl (C=O) groups excluding carboxylic acids is 3. The van der Waals surface area contributed by atoms with Gasteiger partial charge in [-0.05, 0) is 37.3 Å². The summed E-state index contributed by atoms with van der Waals surface area (Å²) in [4.78, 5) is 38.2. The van der Waals surface area contributed by atoms with E-state index in [9.17, 15) is 14.4 Å². The van der Waals surface area contributed by atoms with Crippen molar-refractivity contribution in [2.75, 3.05) is 23.6 Å². The first kappa shape index (κ1) is 18.3. The number of nitrogens with one attached hydrogen (secondary N) is 1. The summed E-state index contributed by atoms with van der Waals surface area (Å²) in [5, 5.41) is 3.06. The van der Waals surface area contributed by atoms with E-state index >= 15 is 0 Å². The lowest BCUT2D eigenvalue weighted by atomic mass is 10.1. The van der Waals surface area contributed by atoms with Crippen LogP contribution in [-0.4, -0.2) is 30.9 Å². The molecular formula is C20H17ClN2O5. The zero-order valence-corrected chi connectivity index (χ0v) is 15.8. The Morgan fingerprint density at radius 3 is 2.71 bits per heavy atom. The summed E-state index contributed by atoms with van der Waals surface area (Å²) < 4.78 is 10.6. The van der Waals surface area contributed by atoms with Gasteiger partial charge in [0.05, 0.1) is 16.6 Å². The SMILES string of the molecule is CC(=O)c1ccc(Cl)c(NC(=O)C2CC(=O)N(c3ccc4c(c3)OCO4)C2)c1. The summed E-state index contributed by atoms with van der Waals surface area (Å²) in [5.74, 6) is 0.0738.